The van der Waals surface area contributed by atoms with E-state index in [4.69, 9.17) is 0 Å². The van der Waals surface area contributed by atoms with Crippen LogP contribution in [0.3, 0.4) is 0 Å². The summed E-state index contributed by atoms with van der Waals surface area (Å²) < 4.78 is 55.3. The van der Waals surface area contributed by atoms with Crippen LogP contribution in [-0.2, 0) is 6.42 Å². The number of hydrogen-bond donors (Lipinski definition) is 0. The first kappa shape index (κ1) is 22.9. The fraction of sp³-hybridized carbons (Fsp3) is 0.0667. The molecule has 4 aromatic rings. The number of aryl methyl sites for hydroxylation is 1. The van der Waals surface area contributed by atoms with Crippen LogP contribution in [0.15, 0.2) is 79.4 Å². The van der Waals surface area contributed by atoms with Gasteiger partial charge >= 0.3 is 0 Å². The average molecular weight is 454 g/mol. The molecule has 0 radical (unpaired) electrons. The molecule has 0 heterocycles. The SMILES string of the molecule is C=CCCc1ccc(C#Cc2ccc(C#Cc3ccc4c(F)c(F)c(F)cc4c3)c(F)c2)cc1. The van der Waals surface area contributed by atoms with E-state index in [0.29, 0.717) is 11.1 Å². The maximum Gasteiger partial charge on any atom is 0.195 e. The second-order valence-electron chi connectivity index (χ2n) is 7.64. The third-order valence-electron chi connectivity index (χ3n) is 5.23. The second-order valence-corrected chi connectivity index (χ2v) is 7.64. The van der Waals surface area contributed by atoms with Crippen molar-refractivity contribution < 1.29 is 17.6 Å². The predicted octanol–water partition coefficient (Wildman–Crippen LogP) is 7.31. The molecule has 0 aliphatic heterocycles. The minimum atomic E-state index is -1.52. The fourth-order valence-electron chi connectivity index (χ4n) is 3.38. The van der Waals surface area contributed by atoms with E-state index in [1.54, 1.807) is 6.07 Å². The van der Waals surface area contributed by atoms with Gasteiger partial charge in [-0.05, 0) is 72.3 Å². The van der Waals surface area contributed by atoms with Gasteiger partial charge in [0.25, 0.3) is 0 Å². The smallest absolute Gasteiger partial charge is 0.195 e. The van der Waals surface area contributed by atoms with E-state index >= 15 is 0 Å². The van der Waals surface area contributed by atoms with Crippen LogP contribution in [0, 0.1) is 47.0 Å². The van der Waals surface area contributed by atoms with E-state index < -0.39 is 23.3 Å². The third-order valence-corrected chi connectivity index (χ3v) is 5.23. The van der Waals surface area contributed by atoms with Crippen molar-refractivity contribution in [1.82, 2.24) is 0 Å². The van der Waals surface area contributed by atoms with Crippen molar-refractivity contribution in [3.05, 3.63) is 130 Å². The van der Waals surface area contributed by atoms with Crippen molar-refractivity contribution >= 4 is 10.8 Å². The van der Waals surface area contributed by atoms with Crippen LogP contribution in [-0.4, -0.2) is 0 Å². The van der Waals surface area contributed by atoms with Crippen molar-refractivity contribution in [3.8, 4) is 23.7 Å². The molecule has 0 atom stereocenters. The summed E-state index contributed by atoms with van der Waals surface area (Å²) in [4.78, 5) is 0. The summed E-state index contributed by atoms with van der Waals surface area (Å²) in [5, 5.41) is 0.119. The van der Waals surface area contributed by atoms with Gasteiger partial charge in [-0.3, -0.25) is 0 Å². The minimum Gasteiger partial charge on any atom is -0.206 e. The summed E-state index contributed by atoms with van der Waals surface area (Å²) in [6, 6.07) is 17.5. The first-order valence-corrected chi connectivity index (χ1v) is 10.6. The van der Waals surface area contributed by atoms with Gasteiger partial charge in [-0.15, -0.1) is 6.58 Å². The van der Waals surface area contributed by atoms with E-state index in [0.717, 1.165) is 24.5 Å². The molecular weight excluding hydrogens is 436 g/mol. The Bertz CT molecular complexity index is 1510. The second kappa shape index (κ2) is 10.1. The van der Waals surface area contributed by atoms with E-state index in [-0.39, 0.29) is 16.3 Å². The fourth-order valence-corrected chi connectivity index (χ4v) is 3.38. The van der Waals surface area contributed by atoms with Crippen LogP contribution in [0.25, 0.3) is 10.8 Å². The topological polar surface area (TPSA) is 0 Å². The van der Waals surface area contributed by atoms with Crippen molar-refractivity contribution in [1.29, 1.82) is 0 Å². The number of hydrogen-bond acceptors (Lipinski definition) is 0. The Morgan fingerprint density at radius 2 is 1.29 bits per heavy atom. The van der Waals surface area contributed by atoms with Gasteiger partial charge in [0.05, 0.1) is 5.56 Å². The van der Waals surface area contributed by atoms with Gasteiger partial charge in [0.1, 0.15) is 5.82 Å². The molecule has 34 heavy (non-hydrogen) atoms. The van der Waals surface area contributed by atoms with Crippen molar-refractivity contribution in [3.63, 3.8) is 0 Å². The van der Waals surface area contributed by atoms with Crippen LogP contribution in [0.5, 0.6) is 0 Å². The van der Waals surface area contributed by atoms with E-state index in [1.807, 2.05) is 30.3 Å². The molecule has 0 aliphatic rings. The molecule has 0 saturated carbocycles. The molecule has 0 aromatic heterocycles. The molecular formula is C30H18F4. The number of rotatable bonds is 3. The summed E-state index contributed by atoms with van der Waals surface area (Å²) in [6.45, 7) is 3.72. The molecule has 4 heteroatoms. The highest BCUT2D eigenvalue weighted by molar-refractivity contribution is 5.84. The van der Waals surface area contributed by atoms with Crippen LogP contribution >= 0.6 is 0 Å². The molecule has 0 nitrogen and oxygen atoms in total. The highest BCUT2D eigenvalue weighted by Gasteiger charge is 2.13. The van der Waals surface area contributed by atoms with Gasteiger partial charge < -0.3 is 0 Å². The summed E-state index contributed by atoms with van der Waals surface area (Å²) >= 11 is 0. The van der Waals surface area contributed by atoms with Crippen LogP contribution in [0.2, 0.25) is 0 Å². The third kappa shape index (κ3) is 5.20. The van der Waals surface area contributed by atoms with Crippen molar-refractivity contribution in [2.45, 2.75) is 12.8 Å². The van der Waals surface area contributed by atoms with Gasteiger partial charge in [-0.2, -0.15) is 0 Å². The molecule has 0 saturated heterocycles. The molecule has 0 spiro atoms. The number of benzene rings is 4. The van der Waals surface area contributed by atoms with Gasteiger partial charge in [-0.1, -0.05) is 48.0 Å². The first-order chi connectivity index (χ1) is 16.4. The zero-order chi connectivity index (χ0) is 24.1. The maximum absolute atomic E-state index is 14.5. The Morgan fingerprint density at radius 3 is 2.03 bits per heavy atom. The summed E-state index contributed by atoms with van der Waals surface area (Å²) in [6.07, 6.45) is 3.72. The summed E-state index contributed by atoms with van der Waals surface area (Å²) in [5.74, 6) is 6.88. The Labute approximate surface area is 195 Å². The quantitative estimate of drug-likeness (QED) is 0.132. The Hall–Kier alpha value is -4.28. The van der Waals surface area contributed by atoms with Gasteiger partial charge in [0.2, 0.25) is 0 Å². The summed E-state index contributed by atoms with van der Waals surface area (Å²) in [7, 11) is 0. The lowest BCUT2D eigenvalue weighted by Crippen LogP contribution is -1.92. The monoisotopic (exact) mass is 454 g/mol. The lowest BCUT2D eigenvalue weighted by molar-refractivity contribution is 0.453. The highest BCUT2D eigenvalue weighted by atomic mass is 19.2. The minimum absolute atomic E-state index is 0.0510. The molecule has 0 unspecified atom stereocenters. The zero-order valence-electron chi connectivity index (χ0n) is 18.1. The average Bonchev–Trinajstić information content (AvgIpc) is 2.84. The largest absolute Gasteiger partial charge is 0.206 e. The standard InChI is InChI=1S/C30H18F4/c1-2-3-4-20-5-7-21(8-6-20)9-10-23-12-15-24(27(31)18-23)14-11-22-13-16-26-25(17-22)19-28(32)30(34)29(26)33/h2,5-8,12-13,15-19H,1,3-4H2. The molecule has 0 fully saturated rings. The van der Waals surface area contributed by atoms with Crippen molar-refractivity contribution in [2.75, 3.05) is 0 Å². The Balaban J connectivity index is 1.52. The van der Waals surface area contributed by atoms with Crippen LogP contribution < -0.4 is 0 Å². The molecule has 0 N–H and O–H groups in total. The molecule has 0 aliphatic carbocycles. The normalized spacial score (nSPS) is 10.2. The van der Waals surface area contributed by atoms with Gasteiger partial charge in [0, 0.05) is 22.1 Å². The highest BCUT2D eigenvalue weighted by Crippen LogP contribution is 2.24. The molecule has 4 rings (SSSR count). The number of fused-ring (bicyclic) bond motifs is 1. The lowest BCUT2D eigenvalue weighted by atomic mass is 10.1. The zero-order valence-corrected chi connectivity index (χ0v) is 18.1. The predicted molar refractivity (Wildman–Crippen MR) is 127 cm³/mol. The van der Waals surface area contributed by atoms with E-state index in [1.165, 1.54) is 35.9 Å². The Kier molecular flexibility index (Phi) is 6.81. The molecule has 166 valence electrons. The molecule has 0 amide bonds. The number of allylic oxidation sites excluding steroid dienone is 1. The van der Waals surface area contributed by atoms with Crippen LogP contribution in [0.4, 0.5) is 17.6 Å². The van der Waals surface area contributed by atoms with Gasteiger partial charge in [-0.25, -0.2) is 17.6 Å². The lowest BCUT2D eigenvalue weighted by Gasteiger charge is -2.02. The van der Waals surface area contributed by atoms with E-state index in [2.05, 4.69) is 30.3 Å². The Morgan fingerprint density at radius 1 is 0.647 bits per heavy atom. The van der Waals surface area contributed by atoms with E-state index in [9.17, 15) is 17.6 Å². The molecule has 4 aromatic carbocycles. The number of halogens is 4. The van der Waals surface area contributed by atoms with Gasteiger partial charge in [0.15, 0.2) is 17.5 Å². The van der Waals surface area contributed by atoms with Crippen LogP contribution in [0.1, 0.15) is 34.2 Å². The summed E-state index contributed by atoms with van der Waals surface area (Å²) in [5.41, 5.74) is 3.12. The van der Waals surface area contributed by atoms with Crippen molar-refractivity contribution in [2.24, 2.45) is 0 Å². The first-order valence-electron chi connectivity index (χ1n) is 10.6. The molecule has 0 bridgehead atoms. The maximum atomic E-state index is 14.5.